The quantitative estimate of drug-likeness (QED) is 0.366. The second-order valence-corrected chi connectivity index (χ2v) is 7.83. The molecule has 3 N–H and O–H groups in total. The van der Waals surface area contributed by atoms with E-state index < -0.39 is 41.5 Å². The fourth-order valence-corrected chi connectivity index (χ4v) is 3.79. The van der Waals surface area contributed by atoms with Gasteiger partial charge in [0.25, 0.3) is 0 Å². The Morgan fingerprint density at radius 1 is 1.03 bits per heavy atom. The summed E-state index contributed by atoms with van der Waals surface area (Å²) < 4.78 is 60.8. The summed E-state index contributed by atoms with van der Waals surface area (Å²) >= 11 is 5.86. The number of hydrogen-bond donors (Lipinski definition) is 3. The van der Waals surface area contributed by atoms with Gasteiger partial charge in [-0.1, -0.05) is 11.6 Å². The molecule has 1 saturated heterocycles. The van der Waals surface area contributed by atoms with Gasteiger partial charge in [-0.3, -0.25) is 4.79 Å². The SMILES string of the molecule is O=C1N[C@H](c2ccc(-c3ccc(Cl)cc3)o2)[C@@H](C(=O)c2ccc(F)cc2)[C@@](O)(C(F)(F)F)N1. The van der Waals surface area contributed by atoms with Crippen LogP contribution in [0.15, 0.2) is 65.1 Å². The molecule has 0 radical (unpaired) electrons. The number of carbonyl (C=O) groups excluding carboxylic acids is 2. The molecule has 0 saturated carbocycles. The third-order valence-corrected chi connectivity index (χ3v) is 5.53. The molecule has 11 heteroatoms. The molecule has 33 heavy (non-hydrogen) atoms. The fourth-order valence-electron chi connectivity index (χ4n) is 3.66. The van der Waals surface area contributed by atoms with Crippen LogP contribution < -0.4 is 10.6 Å². The van der Waals surface area contributed by atoms with E-state index in [9.17, 15) is 32.3 Å². The molecule has 1 aromatic heterocycles. The van der Waals surface area contributed by atoms with E-state index in [1.54, 1.807) is 24.3 Å². The highest BCUT2D eigenvalue weighted by atomic mass is 35.5. The molecular weight excluding hydrogens is 468 g/mol. The Balaban J connectivity index is 1.80. The largest absolute Gasteiger partial charge is 0.459 e. The molecule has 2 amide bonds. The number of urea groups is 1. The molecule has 2 aromatic carbocycles. The van der Waals surface area contributed by atoms with E-state index in [1.165, 1.54) is 17.4 Å². The van der Waals surface area contributed by atoms with Crippen LogP contribution in [0.5, 0.6) is 0 Å². The standard InChI is InChI=1S/C22H15ClF4N2O4/c23-13-5-1-11(2-6-13)15-9-10-16(33-15)18-17(19(30)12-3-7-14(24)8-4-12)21(32,22(25,26)27)29-20(31)28-18/h1-10,17-18,32H,(H2,28,29,31)/t17-,18+,21+/m0/s1. The number of hydrogen-bond acceptors (Lipinski definition) is 4. The van der Waals surface area contributed by atoms with Crippen LogP contribution in [0, 0.1) is 11.7 Å². The summed E-state index contributed by atoms with van der Waals surface area (Å²) in [6, 6.07) is 9.84. The highest BCUT2D eigenvalue weighted by Gasteiger charge is 2.66. The Labute approximate surface area is 189 Å². The first-order valence-electron chi connectivity index (χ1n) is 9.53. The number of Topliss-reactive ketones (excluding diaryl/α,β-unsaturated/α-hetero) is 1. The van der Waals surface area contributed by atoms with Crippen molar-refractivity contribution >= 4 is 23.4 Å². The number of benzene rings is 2. The van der Waals surface area contributed by atoms with E-state index >= 15 is 0 Å². The molecule has 3 aromatic rings. The monoisotopic (exact) mass is 482 g/mol. The lowest BCUT2D eigenvalue weighted by Gasteiger charge is -2.44. The Kier molecular flexibility index (Phi) is 5.67. The molecule has 0 unspecified atom stereocenters. The number of alkyl halides is 3. The van der Waals surface area contributed by atoms with Crippen molar-refractivity contribution in [3.63, 3.8) is 0 Å². The molecule has 6 nitrogen and oxygen atoms in total. The van der Waals surface area contributed by atoms with Gasteiger partial charge in [0.05, 0.1) is 0 Å². The minimum atomic E-state index is -5.42. The number of amides is 2. The number of rotatable bonds is 4. The zero-order valence-electron chi connectivity index (χ0n) is 16.5. The molecule has 0 spiro atoms. The van der Waals surface area contributed by atoms with Crippen LogP contribution in [0.2, 0.25) is 5.02 Å². The van der Waals surface area contributed by atoms with Crippen LogP contribution in [-0.4, -0.2) is 28.8 Å². The third kappa shape index (κ3) is 4.19. The van der Waals surface area contributed by atoms with Crippen LogP contribution in [0.3, 0.4) is 0 Å². The van der Waals surface area contributed by atoms with Gasteiger partial charge in [0.1, 0.15) is 29.3 Å². The van der Waals surface area contributed by atoms with Crippen molar-refractivity contribution in [3.05, 3.63) is 82.8 Å². The summed E-state index contributed by atoms with van der Waals surface area (Å²) in [6.07, 6.45) is -5.42. The van der Waals surface area contributed by atoms with Crippen molar-refractivity contribution in [3.8, 4) is 11.3 Å². The Morgan fingerprint density at radius 3 is 2.27 bits per heavy atom. The van der Waals surface area contributed by atoms with Gasteiger partial charge >= 0.3 is 12.2 Å². The fraction of sp³-hybridized carbons (Fsp3) is 0.182. The Bertz CT molecular complexity index is 1190. The Morgan fingerprint density at radius 2 is 1.67 bits per heavy atom. The van der Waals surface area contributed by atoms with Gasteiger partial charge in [0.2, 0.25) is 5.72 Å². The van der Waals surface area contributed by atoms with Crippen LogP contribution in [0.25, 0.3) is 11.3 Å². The molecule has 3 atom stereocenters. The van der Waals surface area contributed by atoms with E-state index in [4.69, 9.17) is 16.0 Å². The zero-order chi connectivity index (χ0) is 24.0. The van der Waals surface area contributed by atoms with Crippen LogP contribution in [0.4, 0.5) is 22.4 Å². The van der Waals surface area contributed by atoms with Crippen molar-refractivity contribution in [2.75, 3.05) is 0 Å². The first-order chi connectivity index (χ1) is 15.5. The smallest absolute Gasteiger partial charge is 0.437 e. The summed E-state index contributed by atoms with van der Waals surface area (Å²) in [5, 5.41) is 14.7. The maximum Gasteiger partial charge on any atom is 0.437 e. The van der Waals surface area contributed by atoms with Crippen molar-refractivity contribution in [2.45, 2.75) is 17.9 Å². The minimum absolute atomic E-state index is 0.196. The summed E-state index contributed by atoms with van der Waals surface area (Å²) in [5.41, 5.74) is -3.67. The number of halogens is 5. The highest BCUT2D eigenvalue weighted by molar-refractivity contribution is 6.30. The maximum atomic E-state index is 13.9. The van der Waals surface area contributed by atoms with E-state index in [2.05, 4.69) is 5.32 Å². The van der Waals surface area contributed by atoms with Gasteiger partial charge in [-0.05, 0) is 60.7 Å². The number of aliphatic hydroxyl groups is 1. The molecule has 0 aliphatic carbocycles. The van der Waals surface area contributed by atoms with Gasteiger partial charge in [-0.15, -0.1) is 0 Å². The molecule has 0 bridgehead atoms. The van der Waals surface area contributed by atoms with E-state index in [-0.39, 0.29) is 17.1 Å². The zero-order valence-corrected chi connectivity index (χ0v) is 17.2. The van der Waals surface area contributed by atoms with Crippen molar-refractivity contribution in [1.29, 1.82) is 0 Å². The number of furan rings is 1. The van der Waals surface area contributed by atoms with Crippen molar-refractivity contribution < 1.29 is 36.7 Å². The number of ketones is 1. The predicted octanol–water partition coefficient (Wildman–Crippen LogP) is 4.84. The van der Waals surface area contributed by atoms with Crippen molar-refractivity contribution in [1.82, 2.24) is 10.6 Å². The van der Waals surface area contributed by atoms with E-state index in [0.717, 1.165) is 24.3 Å². The normalized spacial score (nSPS) is 23.0. The molecule has 1 aliphatic rings. The molecule has 172 valence electrons. The second kappa shape index (κ2) is 8.20. The molecule has 2 heterocycles. The van der Waals surface area contributed by atoms with Crippen LogP contribution in [0.1, 0.15) is 22.2 Å². The average molecular weight is 483 g/mol. The average Bonchev–Trinajstić information content (AvgIpc) is 3.23. The summed E-state index contributed by atoms with van der Waals surface area (Å²) in [7, 11) is 0. The van der Waals surface area contributed by atoms with Gasteiger partial charge < -0.3 is 20.2 Å². The van der Waals surface area contributed by atoms with Gasteiger partial charge in [-0.25, -0.2) is 9.18 Å². The maximum absolute atomic E-state index is 13.9. The van der Waals surface area contributed by atoms with Crippen LogP contribution >= 0.6 is 11.6 Å². The number of nitrogens with one attached hydrogen (secondary N) is 2. The molecule has 4 rings (SSSR count). The lowest BCUT2D eigenvalue weighted by Crippen LogP contribution is -2.72. The van der Waals surface area contributed by atoms with Gasteiger partial charge in [0.15, 0.2) is 5.78 Å². The van der Waals surface area contributed by atoms with E-state index in [1.807, 2.05) is 0 Å². The van der Waals surface area contributed by atoms with Crippen molar-refractivity contribution in [2.24, 2.45) is 5.92 Å². The number of carbonyl (C=O) groups is 2. The topological polar surface area (TPSA) is 91.6 Å². The lowest BCUT2D eigenvalue weighted by molar-refractivity contribution is -0.288. The summed E-state index contributed by atoms with van der Waals surface area (Å²) in [5.74, 6) is -4.14. The molecular formula is C22H15ClF4N2O4. The molecule has 1 aliphatic heterocycles. The highest BCUT2D eigenvalue weighted by Crippen LogP contribution is 2.44. The second-order valence-electron chi connectivity index (χ2n) is 7.40. The van der Waals surface area contributed by atoms with Crippen LogP contribution in [-0.2, 0) is 0 Å². The Hall–Kier alpha value is -3.37. The molecule has 1 fully saturated rings. The van der Waals surface area contributed by atoms with Gasteiger partial charge in [-0.2, -0.15) is 13.2 Å². The van der Waals surface area contributed by atoms with Gasteiger partial charge in [0, 0.05) is 16.1 Å². The lowest BCUT2D eigenvalue weighted by atomic mass is 9.79. The summed E-state index contributed by atoms with van der Waals surface area (Å²) in [6.45, 7) is 0. The first-order valence-corrected chi connectivity index (χ1v) is 9.90. The van der Waals surface area contributed by atoms with E-state index in [0.29, 0.717) is 10.6 Å². The minimum Gasteiger partial charge on any atom is -0.459 e. The third-order valence-electron chi connectivity index (χ3n) is 5.28. The predicted molar refractivity (Wildman–Crippen MR) is 109 cm³/mol. The first kappa shape index (κ1) is 22.8. The summed E-state index contributed by atoms with van der Waals surface area (Å²) in [4.78, 5) is 25.2.